The van der Waals surface area contributed by atoms with Crippen LogP contribution in [0.5, 0.6) is 0 Å². The lowest BCUT2D eigenvalue weighted by atomic mass is 10.2. The van der Waals surface area contributed by atoms with Crippen LogP contribution in [0.3, 0.4) is 0 Å². The number of hydrogen-bond donors (Lipinski definition) is 1. The average Bonchev–Trinajstić information content (AvgIpc) is 2.97. The highest BCUT2D eigenvalue weighted by atomic mass is 32.2. The standard InChI is InChI=1S/C15H21N5O3S/c1-12(2)17-24(22,23)19-9-7-18(8-10-19)15(21)13-11-16-20-6-4-3-5-14(13)20/h3-6,11-12,17H,7-10H2,1-2H3. The molecule has 1 N–H and O–H groups in total. The molecule has 0 aliphatic carbocycles. The second kappa shape index (κ2) is 6.50. The topological polar surface area (TPSA) is 87.0 Å². The van der Waals surface area contributed by atoms with Gasteiger partial charge in [-0.05, 0) is 26.0 Å². The minimum absolute atomic E-state index is 0.120. The summed E-state index contributed by atoms with van der Waals surface area (Å²) in [7, 11) is -3.49. The van der Waals surface area contributed by atoms with E-state index in [1.54, 1.807) is 35.7 Å². The van der Waals surface area contributed by atoms with Gasteiger partial charge in [0.15, 0.2) is 0 Å². The molecule has 1 saturated heterocycles. The van der Waals surface area contributed by atoms with Crippen LogP contribution >= 0.6 is 0 Å². The van der Waals surface area contributed by atoms with Gasteiger partial charge in [0.25, 0.3) is 16.1 Å². The second-order valence-corrected chi connectivity index (χ2v) is 7.76. The maximum atomic E-state index is 12.7. The third kappa shape index (κ3) is 3.28. The number of nitrogens with zero attached hydrogens (tertiary/aromatic N) is 4. The van der Waals surface area contributed by atoms with Crippen LogP contribution in [0.15, 0.2) is 30.6 Å². The van der Waals surface area contributed by atoms with E-state index in [-0.39, 0.29) is 25.0 Å². The van der Waals surface area contributed by atoms with Gasteiger partial charge in [0.1, 0.15) is 0 Å². The first kappa shape index (κ1) is 16.9. The number of hydrogen-bond acceptors (Lipinski definition) is 4. The van der Waals surface area contributed by atoms with Gasteiger partial charge in [-0.1, -0.05) is 6.07 Å². The Kier molecular flexibility index (Phi) is 4.57. The van der Waals surface area contributed by atoms with Gasteiger partial charge in [-0.25, -0.2) is 4.52 Å². The van der Waals surface area contributed by atoms with Crippen LogP contribution < -0.4 is 4.72 Å². The van der Waals surface area contributed by atoms with Gasteiger partial charge >= 0.3 is 0 Å². The fraction of sp³-hybridized carbons (Fsp3) is 0.467. The summed E-state index contributed by atoms with van der Waals surface area (Å²) in [6.45, 7) is 4.86. The molecule has 2 aromatic heterocycles. The summed E-state index contributed by atoms with van der Waals surface area (Å²) in [4.78, 5) is 14.4. The van der Waals surface area contributed by atoms with Crippen molar-refractivity contribution in [1.82, 2.24) is 23.5 Å². The van der Waals surface area contributed by atoms with Crippen molar-refractivity contribution in [3.05, 3.63) is 36.2 Å². The van der Waals surface area contributed by atoms with E-state index in [4.69, 9.17) is 0 Å². The highest BCUT2D eigenvalue weighted by molar-refractivity contribution is 7.87. The number of amides is 1. The monoisotopic (exact) mass is 351 g/mol. The number of aromatic nitrogens is 2. The molecular weight excluding hydrogens is 330 g/mol. The molecule has 0 aromatic carbocycles. The largest absolute Gasteiger partial charge is 0.336 e. The van der Waals surface area contributed by atoms with Crippen molar-refractivity contribution in [3.8, 4) is 0 Å². The van der Waals surface area contributed by atoms with Crippen molar-refractivity contribution in [2.45, 2.75) is 19.9 Å². The van der Waals surface area contributed by atoms with E-state index < -0.39 is 10.2 Å². The molecule has 0 radical (unpaired) electrons. The van der Waals surface area contributed by atoms with Crippen LogP contribution in [0.2, 0.25) is 0 Å². The summed E-state index contributed by atoms with van der Waals surface area (Å²) in [5.74, 6) is -0.120. The number of carbonyl (C=O) groups excluding carboxylic acids is 1. The van der Waals surface area contributed by atoms with Gasteiger partial charge in [-0.3, -0.25) is 4.79 Å². The van der Waals surface area contributed by atoms with E-state index in [0.29, 0.717) is 18.7 Å². The highest BCUT2D eigenvalue weighted by Gasteiger charge is 2.30. The first-order chi connectivity index (χ1) is 11.4. The van der Waals surface area contributed by atoms with E-state index in [1.807, 2.05) is 18.2 Å². The molecule has 2 aromatic rings. The molecule has 130 valence electrons. The Bertz CT molecular complexity index is 838. The van der Waals surface area contributed by atoms with E-state index in [0.717, 1.165) is 5.52 Å². The normalized spacial score (nSPS) is 16.9. The summed E-state index contributed by atoms with van der Waals surface area (Å²) in [5.41, 5.74) is 1.28. The van der Waals surface area contributed by atoms with Crippen molar-refractivity contribution in [3.63, 3.8) is 0 Å². The molecule has 0 spiro atoms. The highest BCUT2D eigenvalue weighted by Crippen LogP contribution is 2.15. The molecule has 0 unspecified atom stereocenters. The van der Waals surface area contributed by atoms with Gasteiger partial charge in [0.2, 0.25) is 0 Å². The summed E-state index contributed by atoms with van der Waals surface area (Å²) >= 11 is 0. The van der Waals surface area contributed by atoms with Crippen LogP contribution in [0.4, 0.5) is 0 Å². The Morgan fingerprint density at radius 1 is 1.21 bits per heavy atom. The summed E-state index contributed by atoms with van der Waals surface area (Å²) in [5, 5.41) is 4.17. The zero-order valence-corrected chi connectivity index (χ0v) is 14.5. The molecule has 1 fully saturated rings. The average molecular weight is 351 g/mol. The molecule has 1 aliphatic heterocycles. The predicted molar refractivity (Wildman–Crippen MR) is 89.9 cm³/mol. The van der Waals surface area contributed by atoms with Crippen LogP contribution in [-0.2, 0) is 10.2 Å². The van der Waals surface area contributed by atoms with Crippen LogP contribution in [0.1, 0.15) is 24.2 Å². The zero-order valence-electron chi connectivity index (χ0n) is 13.7. The fourth-order valence-corrected chi connectivity index (χ4v) is 4.16. The lowest BCUT2D eigenvalue weighted by molar-refractivity contribution is 0.0699. The Balaban J connectivity index is 1.70. The number of pyridine rings is 1. The van der Waals surface area contributed by atoms with E-state index in [9.17, 15) is 13.2 Å². The third-order valence-corrected chi connectivity index (χ3v) is 5.72. The van der Waals surface area contributed by atoms with Crippen LogP contribution in [0.25, 0.3) is 5.52 Å². The van der Waals surface area contributed by atoms with Crippen LogP contribution in [0, 0.1) is 0 Å². The SMILES string of the molecule is CC(C)NS(=O)(=O)N1CCN(C(=O)c2cnn3ccccc23)CC1. The van der Waals surface area contributed by atoms with Crippen molar-refractivity contribution >= 4 is 21.6 Å². The molecule has 0 atom stereocenters. The minimum atomic E-state index is -3.49. The smallest absolute Gasteiger partial charge is 0.279 e. The first-order valence-electron chi connectivity index (χ1n) is 7.87. The maximum absolute atomic E-state index is 12.7. The Morgan fingerprint density at radius 3 is 2.58 bits per heavy atom. The van der Waals surface area contributed by atoms with E-state index in [1.165, 1.54) is 4.31 Å². The molecule has 8 nitrogen and oxygen atoms in total. The van der Waals surface area contributed by atoms with Gasteiger partial charge in [-0.15, -0.1) is 0 Å². The summed E-state index contributed by atoms with van der Waals surface area (Å²) in [6.07, 6.45) is 3.34. The van der Waals surface area contributed by atoms with Gasteiger partial charge < -0.3 is 4.90 Å². The summed E-state index contributed by atoms with van der Waals surface area (Å²) in [6, 6.07) is 5.39. The molecule has 3 heterocycles. The lowest BCUT2D eigenvalue weighted by Gasteiger charge is -2.34. The van der Waals surface area contributed by atoms with Crippen LogP contribution in [-0.4, -0.2) is 65.4 Å². The van der Waals surface area contributed by atoms with E-state index >= 15 is 0 Å². The number of fused-ring (bicyclic) bond motifs is 1. The third-order valence-electron chi connectivity index (χ3n) is 3.91. The maximum Gasteiger partial charge on any atom is 0.279 e. The molecular formula is C15H21N5O3S. The fourth-order valence-electron chi connectivity index (χ4n) is 2.77. The number of rotatable bonds is 4. The molecule has 1 amide bonds. The van der Waals surface area contributed by atoms with Crippen molar-refractivity contribution in [1.29, 1.82) is 0 Å². The first-order valence-corrected chi connectivity index (χ1v) is 9.31. The second-order valence-electron chi connectivity index (χ2n) is 6.06. The van der Waals surface area contributed by atoms with Crippen molar-refractivity contribution in [2.75, 3.05) is 26.2 Å². The number of nitrogens with one attached hydrogen (secondary N) is 1. The summed E-state index contributed by atoms with van der Waals surface area (Å²) < 4.78 is 29.9. The molecule has 0 bridgehead atoms. The Hall–Kier alpha value is -1.97. The van der Waals surface area contributed by atoms with E-state index in [2.05, 4.69) is 9.82 Å². The Morgan fingerprint density at radius 2 is 1.92 bits per heavy atom. The molecule has 3 rings (SSSR count). The Labute approximate surface area is 141 Å². The van der Waals surface area contributed by atoms with Crippen molar-refractivity contribution in [2.24, 2.45) is 0 Å². The van der Waals surface area contributed by atoms with Crippen molar-refractivity contribution < 1.29 is 13.2 Å². The van der Waals surface area contributed by atoms with Gasteiger partial charge in [0, 0.05) is 38.4 Å². The predicted octanol–water partition coefficient (Wildman–Crippen LogP) is 0.335. The zero-order chi connectivity index (χ0) is 17.3. The molecule has 24 heavy (non-hydrogen) atoms. The molecule has 9 heteroatoms. The molecule has 1 aliphatic rings. The molecule has 0 saturated carbocycles. The van der Waals surface area contributed by atoms with Gasteiger partial charge in [0.05, 0.1) is 17.3 Å². The number of piperazine rings is 1. The number of carbonyl (C=O) groups is 1. The minimum Gasteiger partial charge on any atom is -0.336 e. The lowest BCUT2D eigenvalue weighted by Crippen LogP contribution is -2.54. The van der Waals surface area contributed by atoms with Gasteiger partial charge in [-0.2, -0.15) is 22.5 Å². The quantitative estimate of drug-likeness (QED) is 0.860.